The van der Waals surface area contributed by atoms with Crippen molar-refractivity contribution >= 4 is 11.3 Å². The lowest BCUT2D eigenvalue weighted by atomic mass is 10.1. The highest BCUT2D eigenvalue weighted by atomic mass is 32.1. The highest BCUT2D eigenvalue weighted by Crippen LogP contribution is 2.30. The lowest BCUT2D eigenvalue weighted by molar-refractivity contribution is 0.357. The summed E-state index contributed by atoms with van der Waals surface area (Å²) in [6.07, 6.45) is 3.85. The molecule has 0 fully saturated rings. The Hall–Kier alpha value is -1.35. The van der Waals surface area contributed by atoms with E-state index in [1.54, 1.807) is 11.3 Å². The first-order chi connectivity index (χ1) is 6.93. The summed E-state index contributed by atoms with van der Waals surface area (Å²) >= 11 is 1.61. The number of thiazole rings is 1. The first-order valence-corrected chi connectivity index (χ1v) is 5.39. The maximum Gasteiger partial charge on any atom is 0.124 e. The molecular formula is C11H8NOS. The van der Waals surface area contributed by atoms with Gasteiger partial charge in [-0.05, 0) is 23.8 Å². The van der Waals surface area contributed by atoms with E-state index in [0.29, 0.717) is 0 Å². The average molecular weight is 202 g/mol. The third kappa shape index (κ3) is 1.21. The molecule has 0 saturated heterocycles. The summed E-state index contributed by atoms with van der Waals surface area (Å²) in [5.74, 6) is 1.02. The average Bonchev–Trinajstić information content (AvgIpc) is 2.88. The van der Waals surface area contributed by atoms with Gasteiger partial charge in [0.1, 0.15) is 17.0 Å². The zero-order chi connectivity index (χ0) is 9.38. The smallest absolute Gasteiger partial charge is 0.124 e. The molecule has 69 valence electrons. The lowest BCUT2D eigenvalue weighted by Crippen LogP contribution is -1.85. The summed E-state index contributed by atoms with van der Waals surface area (Å²) < 4.78 is 5.45. The predicted molar refractivity (Wildman–Crippen MR) is 55.6 cm³/mol. The minimum absolute atomic E-state index is 0.808. The van der Waals surface area contributed by atoms with Crippen LogP contribution < -0.4 is 4.74 Å². The van der Waals surface area contributed by atoms with E-state index in [4.69, 9.17) is 4.74 Å². The Labute approximate surface area is 86.2 Å². The topological polar surface area (TPSA) is 22.1 Å². The molecule has 0 atom stereocenters. The Morgan fingerprint density at radius 1 is 1.43 bits per heavy atom. The van der Waals surface area contributed by atoms with E-state index in [-0.39, 0.29) is 0 Å². The largest absolute Gasteiger partial charge is 0.493 e. The Kier molecular flexibility index (Phi) is 1.77. The van der Waals surface area contributed by atoms with Gasteiger partial charge in [-0.15, -0.1) is 11.3 Å². The summed E-state index contributed by atoms with van der Waals surface area (Å²) in [5.41, 5.74) is 2.46. The van der Waals surface area contributed by atoms with Crippen molar-refractivity contribution < 1.29 is 4.74 Å². The second-order valence-corrected chi connectivity index (χ2v) is 4.06. The summed E-state index contributed by atoms with van der Waals surface area (Å²) in [6, 6.07) is 6.24. The van der Waals surface area contributed by atoms with E-state index in [2.05, 4.69) is 23.3 Å². The third-order valence-corrected chi connectivity index (χ3v) is 3.10. The van der Waals surface area contributed by atoms with Crippen LogP contribution in [0.4, 0.5) is 0 Å². The van der Waals surface area contributed by atoms with E-state index in [1.165, 1.54) is 11.1 Å². The quantitative estimate of drug-likeness (QED) is 0.709. The Bertz CT molecular complexity index is 450. The lowest BCUT2D eigenvalue weighted by Gasteiger charge is -2.00. The molecule has 1 aliphatic rings. The molecule has 0 unspecified atom stereocenters. The fourth-order valence-corrected chi connectivity index (χ4v) is 2.23. The molecule has 2 heterocycles. The molecule has 0 bridgehead atoms. The zero-order valence-corrected chi connectivity index (χ0v) is 8.30. The second kappa shape index (κ2) is 3.10. The SMILES string of the molecule is [c]1csc(-c2ccc3c(c2)CCO3)n1. The Morgan fingerprint density at radius 3 is 3.29 bits per heavy atom. The van der Waals surface area contributed by atoms with Gasteiger partial charge in [0.2, 0.25) is 0 Å². The fraction of sp³-hybridized carbons (Fsp3) is 0.182. The molecular weight excluding hydrogens is 194 g/mol. The van der Waals surface area contributed by atoms with Crippen molar-refractivity contribution in [2.75, 3.05) is 6.61 Å². The normalized spacial score (nSPS) is 13.7. The highest BCUT2D eigenvalue weighted by molar-refractivity contribution is 7.13. The molecule has 2 nitrogen and oxygen atoms in total. The Morgan fingerprint density at radius 2 is 2.43 bits per heavy atom. The van der Waals surface area contributed by atoms with Crippen molar-refractivity contribution in [3.8, 4) is 16.3 Å². The molecule has 0 aliphatic carbocycles. The predicted octanol–water partition coefficient (Wildman–Crippen LogP) is 2.55. The van der Waals surface area contributed by atoms with Crippen molar-refractivity contribution in [2.24, 2.45) is 0 Å². The molecule has 14 heavy (non-hydrogen) atoms. The molecule has 1 aromatic heterocycles. The molecule has 0 spiro atoms. The van der Waals surface area contributed by atoms with E-state index in [9.17, 15) is 0 Å². The van der Waals surface area contributed by atoms with E-state index in [1.807, 2.05) is 11.4 Å². The van der Waals surface area contributed by atoms with Crippen LogP contribution in [0.3, 0.4) is 0 Å². The number of benzene rings is 1. The zero-order valence-electron chi connectivity index (χ0n) is 7.49. The van der Waals surface area contributed by atoms with Gasteiger partial charge in [0.05, 0.1) is 6.61 Å². The number of nitrogens with zero attached hydrogens (tertiary/aromatic N) is 1. The van der Waals surface area contributed by atoms with Crippen LogP contribution in [-0.4, -0.2) is 11.6 Å². The number of hydrogen-bond donors (Lipinski definition) is 0. The monoisotopic (exact) mass is 202 g/mol. The summed E-state index contributed by atoms with van der Waals surface area (Å²) in [7, 11) is 0. The van der Waals surface area contributed by atoms with Crippen LogP contribution in [0.5, 0.6) is 5.75 Å². The maximum atomic E-state index is 5.45. The molecule has 0 N–H and O–H groups in total. The summed E-state index contributed by atoms with van der Waals surface area (Å²) in [6.45, 7) is 0.808. The van der Waals surface area contributed by atoms with E-state index < -0.39 is 0 Å². The van der Waals surface area contributed by atoms with Crippen LogP contribution in [-0.2, 0) is 6.42 Å². The number of fused-ring (bicyclic) bond motifs is 1. The molecule has 1 radical (unpaired) electrons. The van der Waals surface area contributed by atoms with Gasteiger partial charge in [0.25, 0.3) is 0 Å². The molecule has 3 rings (SSSR count). The summed E-state index contributed by atoms with van der Waals surface area (Å²) in [5, 5.41) is 2.90. The number of ether oxygens (including phenoxy) is 1. The van der Waals surface area contributed by atoms with Crippen molar-refractivity contribution in [3.63, 3.8) is 0 Å². The van der Waals surface area contributed by atoms with Gasteiger partial charge >= 0.3 is 0 Å². The van der Waals surface area contributed by atoms with Crippen molar-refractivity contribution in [1.29, 1.82) is 0 Å². The van der Waals surface area contributed by atoms with Gasteiger partial charge in [-0.1, -0.05) is 0 Å². The molecule has 0 amide bonds. The first-order valence-electron chi connectivity index (χ1n) is 4.51. The van der Waals surface area contributed by atoms with Crippen LogP contribution in [0, 0.1) is 6.20 Å². The summed E-state index contributed by atoms with van der Waals surface area (Å²) in [4.78, 5) is 4.16. The van der Waals surface area contributed by atoms with Gasteiger partial charge < -0.3 is 4.74 Å². The highest BCUT2D eigenvalue weighted by Gasteiger charge is 2.13. The molecule has 2 aromatic rings. The maximum absolute atomic E-state index is 5.45. The Balaban J connectivity index is 2.09. The van der Waals surface area contributed by atoms with E-state index in [0.717, 1.165) is 23.8 Å². The van der Waals surface area contributed by atoms with Crippen LogP contribution in [0.15, 0.2) is 23.6 Å². The van der Waals surface area contributed by atoms with Gasteiger partial charge in [0.15, 0.2) is 0 Å². The van der Waals surface area contributed by atoms with Crippen LogP contribution >= 0.6 is 11.3 Å². The minimum atomic E-state index is 0.808. The standard InChI is InChI=1S/C11H8NOS/c1-2-10-8(3-5-13-10)7-9(1)11-12-4-6-14-11/h1-2,6-7H,3,5H2. The van der Waals surface area contributed by atoms with Crippen molar-refractivity contribution in [1.82, 2.24) is 4.98 Å². The molecule has 3 heteroatoms. The van der Waals surface area contributed by atoms with E-state index >= 15 is 0 Å². The molecule has 1 aromatic carbocycles. The molecule has 0 saturated carbocycles. The van der Waals surface area contributed by atoms with Gasteiger partial charge in [-0.3, -0.25) is 0 Å². The van der Waals surface area contributed by atoms with Crippen molar-refractivity contribution in [2.45, 2.75) is 6.42 Å². The van der Waals surface area contributed by atoms with Crippen LogP contribution in [0.1, 0.15) is 5.56 Å². The minimum Gasteiger partial charge on any atom is -0.493 e. The third-order valence-electron chi connectivity index (χ3n) is 2.33. The number of hydrogen-bond acceptors (Lipinski definition) is 3. The van der Waals surface area contributed by atoms with Crippen LogP contribution in [0.25, 0.3) is 10.6 Å². The van der Waals surface area contributed by atoms with Gasteiger partial charge in [-0.25, -0.2) is 4.98 Å². The van der Waals surface area contributed by atoms with Crippen LogP contribution in [0.2, 0.25) is 0 Å². The van der Waals surface area contributed by atoms with Gasteiger partial charge in [0, 0.05) is 17.4 Å². The van der Waals surface area contributed by atoms with Gasteiger partial charge in [-0.2, -0.15) is 0 Å². The second-order valence-electron chi connectivity index (χ2n) is 3.20. The number of aromatic nitrogens is 1. The number of rotatable bonds is 1. The van der Waals surface area contributed by atoms with Crippen molar-refractivity contribution in [3.05, 3.63) is 35.3 Å². The first kappa shape index (κ1) is 8.00. The fourth-order valence-electron chi connectivity index (χ4n) is 1.65. The molecule has 1 aliphatic heterocycles.